The minimum absolute atomic E-state index is 0.0331. The number of hydrogen-bond acceptors (Lipinski definition) is 3. The molecule has 3 nitrogen and oxygen atoms in total. The number of likely N-dealkylation sites (N-methyl/N-ethyl adjacent to an activating group) is 1. The molecule has 1 saturated heterocycles. The third-order valence-electron chi connectivity index (χ3n) is 6.32. The van der Waals surface area contributed by atoms with Gasteiger partial charge in [-0.2, -0.15) is 0 Å². The molecule has 0 aromatic heterocycles. The van der Waals surface area contributed by atoms with Gasteiger partial charge in [0, 0.05) is 22.9 Å². The first-order chi connectivity index (χ1) is 10.7. The van der Waals surface area contributed by atoms with Gasteiger partial charge in [0.05, 0.1) is 12.5 Å². The summed E-state index contributed by atoms with van der Waals surface area (Å²) in [6.07, 6.45) is 6.73. The van der Waals surface area contributed by atoms with Crippen LogP contribution >= 0.6 is 11.6 Å². The molecule has 1 spiro atoms. The molecule has 22 heavy (non-hydrogen) atoms. The van der Waals surface area contributed by atoms with Gasteiger partial charge in [0.2, 0.25) is 0 Å². The van der Waals surface area contributed by atoms with Gasteiger partial charge in [-0.1, -0.05) is 18.2 Å². The summed E-state index contributed by atoms with van der Waals surface area (Å²) in [6, 6.07) is 4.83. The number of alkyl halides is 1. The van der Waals surface area contributed by atoms with Gasteiger partial charge < -0.3 is 14.4 Å². The maximum atomic E-state index is 6.66. The van der Waals surface area contributed by atoms with Crippen LogP contribution in [-0.2, 0) is 11.8 Å². The van der Waals surface area contributed by atoms with E-state index in [1.807, 2.05) is 0 Å². The van der Waals surface area contributed by atoms with Gasteiger partial charge in [-0.3, -0.25) is 0 Å². The Balaban J connectivity index is 1.82. The smallest absolute Gasteiger partial charge is 0.165 e. The number of ether oxygens (including phenoxy) is 2. The van der Waals surface area contributed by atoms with Gasteiger partial charge in [0.15, 0.2) is 11.5 Å². The first-order valence-corrected chi connectivity index (χ1v) is 8.50. The second kappa shape index (κ2) is 4.21. The minimum atomic E-state index is -0.0663. The fourth-order valence-corrected chi connectivity index (χ4v) is 5.72. The second-order valence-corrected chi connectivity index (χ2v) is 7.57. The van der Waals surface area contributed by atoms with Crippen LogP contribution in [-0.4, -0.2) is 43.1 Å². The summed E-state index contributed by atoms with van der Waals surface area (Å²) in [4.78, 5) is 2.51. The first kappa shape index (κ1) is 13.3. The number of benzene rings is 1. The van der Waals surface area contributed by atoms with E-state index >= 15 is 0 Å². The minimum Gasteiger partial charge on any atom is -0.493 e. The van der Waals surface area contributed by atoms with Crippen molar-refractivity contribution < 1.29 is 9.47 Å². The average molecular weight is 318 g/mol. The van der Waals surface area contributed by atoms with Crippen LogP contribution in [0.2, 0.25) is 0 Å². The van der Waals surface area contributed by atoms with Crippen molar-refractivity contribution in [2.45, 2.75) is 35.8 Å². The molecule has 4 heteroatoms. The molecule has 0 radical (unpaired) electrons. The zero-order valence-corrected chi connectivity index (χ0v) is 13.6. The molecule has 1 fully saturated rings. The standard InChI is InChI=1S/C18H20ClNO2/c1-20-8-7-18-11-4-5-12(19)17(18)22-16-14(21-2)6-3-10(15(16)18)9-13(11)20/h3-6,11-13,17H,7-9H2,1-2H3/t11-,12-,13+,17-,18+/m1/s1. The maximum absolute atomic E-state index is 6.66. The Labute approximate surface area is 135 Å². The van der Waals surface area contributed by atoms with Gasteiger partial charge in [-0.15, -0.1) is 11.6 Å². The van der Waals surface area contributed by atoms with E-state index in [1.54, 1.807) is 7.11 Å². The molecule has 2 bridgehead atoms. The van der Waals surface area contributed by atoms with E-state index < -0.39 is 0 Å². The van der Waals surface area contributed by atoms with E-state index in [1.165, 1.54) is 11.1 Å². The van der Waals surface area contributed by atoms with Crippen molar-refractivity contribution in [1.29, 1.82) is 0 Å². The number of piperidine rings is 1. The van der Waals surface area contributed by atoms with Crippen LogP contribution in [0.3, 0.4) is 0 Å². The Bertz CT molecular complexity index is 688. The van der Waals surface area contributed by atoms with E-state index in [0.29, 0.717) is 12.0 Å². The van der Waals surface area contributed by atoms with E-state index in [4.69, 9.17) is 21.1 Å². The highest BCUT2D eigenvalue weighted by molar-refractivity contribution is 6.22. The van der Waals surface area contributed by atoms with Crippen molar-refractivity contribution in [2.24, 2.45) is 5.92 Å². The van der Waals surface area contributed by atoms with Gasteiger partial charge >= 0.3 is 0 Å². The van der Waals surface area contributed by atoms with Gasteiger partial charge in [0.25, 0.3) is 0 Å². The maximum Gasteiger partial charge on any atom is 0.165 e. The highest BCUT2D eigenvalue weighted by Gasteiger charge is 2.64. The third kappa shape index (κ3) is 1.34. The van der Waals surface area contributed by atoms with Crippen molar-refractivity contribution in [3.63, 3.8) is 0 Å². The summed E-state index contributed by atoms with van der Waals surface area (Å²) in [5.74, 6) is 2.29. The lowest BCUT2D eigenvalue weighted by molar-refractivity contribution is 0.00341. The number of nitrogens with zero attached hydrogens (tertiary/aromatic N) is 1. The topological polar surface area (TPSA) is 21.7 Å². The summed E-state index contributed by atoms with van der Waals surface area (Å²) in [5.41, 5.74) is 2.85. The molecular weight excluding hydrogens is 298 g/mol. The van der Waals surface area contributed by atoms with Crippen LogP contribution in [0.1, 0.15) is 17.5 Å². The van der Waals surface area contributed by atoms with E-state index in [0.717, 1.165) is 30.9 Å². The van der Waals surface area contributed by atoms with Crippen molar-refractivity contribution in [3.8, 4) is 11.5 Å². The van der Waals surface area contributed by atoms with Crippen molar-refractivity contribution in [2.75, 3.05) is 20.7 Å². The highest BCUT2D eigenvalue weighted by Crippen LogP contribution is 2.62. The fourth-order valence-electron chi connectivity index (χ4n) is 5.36. The zero-order valence-electron chi connectivity index (χ0n) is 12.9. The van der Waals surface area contributed by atoms with Crippen LogP contribution in [0.4, 0.5) is 0 Å². The molecule has 5 atom stereocenters. The summed E-state index contributed by atoms with van der Waals surface area (Å²) in [7, 11) is 3.97. The molecule has 0 N–H and O–H groups in total. The number of hydrogen-bond donors (Lipinski definition) is 0. The van der Waals surface area contributed by atoms with Gasteiger partial charge in [-0.25, -0.2) is 0 Å². The molecule has 5 rings (SSSR count). The molecule has 116 valence electrons. The molecule has 1 aromatic carbocycles. The monoisotopic (exact) mass is 317 g/mol. The number of likely N-dealkylation sites (tertiary alicyclic amines) is 1. The van der Waals surface area contributed by atoms with Crippen molar-refractivity contribution in [1.82, 2.24) is 4.90 Å². The lowest BCUT2D eigenvalue weighted by Crippen LogP contribution is -2.64. The third-order valence-corrected chi connectivity index (χ3v) is 6.69. The van der Waals surface area contributed by atoms with E-state index in [-0.39, 0.29) is 16.9 Å². The average Bonchev–Trinajstić information content (AvgIpc) is 2.88. The molecule has 0 amide bonds. The largest absolute Gasteiger partial charge is 0.493 e. The Hall–Kier alpha value is -1.19. The molecule has 1 aromatic rings. The van der Waals surface area contributed by atoms with E-state index in [2.05, 4.69) is 36.2 Å². The predicted molar refractivity (Wildman–Crippen MR) is 86.1 cm³/mol. The van der Waals surface area contributed by atoms with Crippen LogP contribution in [0.25, 0.3) is 0 Å². The van der Waals surface area contributed by atoms with Gasteiger partial charge in [-0.05, 0) is 38.1 Å². The Morgan fingerprint density at radius 1 is 1.36 bits per heavy atom. The Morgan fingerprint density at radius 2 is 2.23 bits per heavy atom. The molecule has 2 aliphatic carbocycles. The van der Waals surface area contributed by atoms with E-state index in [9.17, 15) is 0 Å². The summed E-state index contributed by atoms with van der Waals surface area (Å²) in [6.45, 7) is 1.11. The number of rotatable bonds is 1. The summed E-state index contributed by atoms with van der Waals surface area (Å²) < 4.78 is 12.0. The summed E-state index contributed by atoms with van der Waals surface area (Å²) >= 11 is 6.66. The number of methoxy groups -OCH3 is 1. The quantitative estimate of drug-likeness (QED) is 0.587. The van der Waals surface area contributed by atoms with Gasteiger partial charge in [0.1, 0.15) is 6.10 Å². The molecule has 2 heterocycles. The van der Waals surface area contributed by atoms with Crippen LogP contribution in [0.5, 0.6) is 11.5 Å². The lowest BCUT2D eigenvalue weighted by Gasteiger charge is -2.56. The Kier molecular flexibility index (Phi) is 2.54. The molecule has 2 aliphatic heterocycles. The van der Waals surface area contributed by atoms with Crippen LogP contribution in [0.15, 0.2) is 24.3 Å². The summed E-state index contributed by atoms with van der Waals surface area (Å²) in [5, 5.41) is -0.0663. The predicted octanol–water partition coefficient (Wildman–Crippen LogP) is 2.75. The SMILES string of the molecule is COc1ccc2c3c1O[C@@H]1[C@H](Cl)C=C[C@@H]4[C@H](C2)N(C)CC[C@@]341. The lowest BCUT2D eigenvalue weighted by atomic mass is 9.53. The van der Waals surface area contributed by atoms with Crippen LogP contribution < -0.4 is 9.47 Å². The molecule has 0 saturated carbocycles. The van der Waals surface area contributed by atoms with Crippen molar-refractivity contribution in [3.05, 3.63) is 35.4 Å². The highest BCUT2D eigenvalue weighted by atomic mass is 35.5. The fraction of sp³-hybridized carbons (Fsp3) is 0.556. The molecular formula is C18H20ClNO2. The molecule has 4 aliphatic rings. The first-order valence-electron chi connectivity index (χ1n) is 8.06. The zero-order chi connectivity index (χ0) is 15.1. The number of halogens is 1. The Morgan fingerprint density at radius 3 is 3.05 bits per heavy atom. The normalized spacial score (nSPS) is 41.0. The second-order valence-electron chi connectivity index (χ2n) is 7.07. The van der Waals surface area contributed by atoms with Crippen molar-refractivity contribution >= 4 is 11.6 Å². The molecule has 0 unspecified atom stereocenters. The van der Waals surface area contributed by atoms with Crippen LogP contribution in [0, 0.1) is 5.92 Å².